The van der Waals surface area contributed by atoms with Gasteiger partial charge in [-0.1, -0.05) is 0 Å². The topological polar surface area (TPSA) is 32.3 Å². The number of likely N-dealkylation sites (tertiary alicyclic amines) is 1. The van der Waals surface area contributed by atoms with E-state index >= 15 is 0 Å². The van der Waals surface area contributed by atoms with E-state index in [0.29, 0.717) is 5.91 Å². The lowest BCUT2D eigenvalue weighted by molar-refractivity contribution is -0.149. The van der Waals surface area contributed by atoms with Crippen molar-refractivity contribution in [2.45, 2.75) is 38.6 Å². The molecule has 2 saturated heterocycles. The van der Waals surface area contributed by atoms with Gasteiger partial charge in [0.15, 0.2) is 0 Å². The third-order valence-corrected chi connectivity index (χ3v) is 3.59. The van der Waals surface area contributed by atoms with Gasteiger partial charge in [0.05, 0.1) is 5.92 Å². The zero-order valence-electron chi connectivity index (χ0n) is 9.18. The number of piperidine rings is 1. The first-order valence-corrected chi connectivity index (χ1v) is 5.63. The molecule has 0 unspecified atom stereocenters. The predicted octanol–water partition coefficient (Wildman–Crippen LogP) is 0.997. The van der Waals surface area contributed by atoms with E-state index in [1.165, 1.54) is 0 Å². The summed E-state index contributed by atoms with van der Waals surface area (Å²) >= 11 is 0. The summed E-state index contributed by atoms with van der Waals surface area (Å²) in [6.45, 7) is 7.23. The van der Waals surface area contributed by atoms with Crippen LogP contribution in [-0.4, -0.2) is 36.0 Å². The molecule has 3 heteroatoms. The second kappa shape index (κ2) is 3.54. The van der Waals surface area contributed by atoms with Gasteiger partial charge in [-0.05, 0) is 39.7 Å². The normalized spacial score (nSPS) is 31.0. The second-order valence-corrected chi connectivity index (χ2v) is 5.10. The lowest BCUT2D eigenvalue weighted by Crippen LogP contribution is -2.61. The molecule has 1 N–H and O–H groups in total. The number of carbonyl (C=O) groups excluding carboxylic acids is 1. The highest BCUT2D eigenvalue weighted by Gasteiger charge is 2.41. The molecular formula is C11H20N2O. The monoisotopic (exact) mass is 196 g/mol. The third kappa shape index (κ3) is 1.65. The van der Waals surface area contributed by atoms with Crippen molar-refractivity contribution < 1.29 is 4.79 Å². The maximum atomic E-state index is 12.1. The molecule has 0 saturated carbocycles. The molecule has 80 valence electrons. The molecule has 0 aromatic rings. The first-order valence-electron chi connectivity index (χ1n) is 5.63. The molecule has 1 amide bonds. The fraction of sp³-hybridized carbons (Fsp3) is 0.909. The molecule has 2 aliphatic rings. The van der Waals surface area contributed by atoms with E-state index in [-0.39, 0.29) is 11.5 Å². The summed E-state index contributed by atoms with van der Waals surface area (Å²) in [4.78, 5) is 14.1. The first-order chi connectivity index (χ1) is 6.61. The van der Waals surface area contributed by atoms with Crippen LogP contribution in [0.4, 0.5) is 0 Å². The van der Waals surface area contributed by atoms with Gasteiger partial charge in [0.2, 0.25) is 5.91 Å². The summed E-state index contributed by atoms with van der Waals surface area (Å²) in [7, 11) is 0. The number of carbonyl (C=O) groups is 1. The molecule has 2 heterocycles. The molecule has 2 aliphatic heterocycles. The quantitative estimate of drug-likeness (QED) is 0.678. The smallest absolute Gasteiger partial charge is 0.227 e. The van der Waals surface area contributed by atoms with Crippen LogP contribution in [0.1, 0.15) is 33.1 Å². The minimum absolute atomic E-state index is 0.120. The molecule has 0 aromatic heterocycles. The van der Waals surface area contributed by atoms with Crippen LogP contribution in [0.25, 0.3) is 0 Å². The van der Waals surface area contributed by atoms with E-state index in [1.54, 1.807) is 0 Å². The van der Waals surface area contributed by atoms with Gasteiger partial charge in [0, 0.05) is 18.6 Å². The van der Waals surface area contributed by atoms with Gasteiger partial charge in [-0.25, -0.2) is 0 Å². The van der Waals surface area contributed by atoms with Crippen molar-refractivity contribution in [3.8, 4) is 0 Å². The van der Waals surface area contributed by atoms with Crippen molar-refractivity contribution in [1.82, 2.24) is 10.2 Å². The zero-order chi connectivity index (χ0) is 10.2. The Balaban J connectivity index is 1.94. The molecule has 14 heavy (non-hydrogen) atoms. The lowest BCUT2D eigenvalue weighted by Gasteiger charge is -2.50. The summed E-state index contributed by atoms with van der Waals surface area (Å²) in [6, 6.07) is 0. The summed E-state index contributed by atoms with van der Waals surface area (Å²) in [5.74, 6) is 0.608. The molecule has 2 rings (SSSR count). The summed E-state index contributed by atoms with van der Waals surface area (Å²) in [6.07, 6.45) is 3.36. The minimum Gasteiger partial charge on any atom is -0.337 e. The fourth-order valence-electron chi connectivity index (χ4n) is 2.36. The van der Waals surface area contributed by atoms with E-state index in [9.17, 15) is 4.79 Å². The van der Waals surface area contributed by atoms with Crippen LogP contribution in [0.3, 0.4) is 0 Å². The van der Waals surface area contributed by atoms with Crippen LogP contribution < -0.4 is 5.32 Å². The largest absolute Gasteiger partial charge is 0.337 e. The van der Waals surface area contributed by atoms with Crippen LogP contribution in [0.2, 0.25) is 0 Å². The number of rotatable bonds is 1. The lowest BCUT2D eigenvalue weighted by atomic mass is 9.86. The summed E-state index contributed by atoms with van der Waals surface area (Å²) in [5.41, 5.74) is 0.120. The number of hydrogen-bond acceptors (Lipinski definition) is 2. The van der Waals surface area contributed by atoms with Crippen molar-refractivity contribution in [3.63, 3.8) is 0 Å². The highest BCUT2D eigenvalue weighted by molar-refractivity contribution is 5.80. The van der Waals surface area contributed by atoms with Crippen molar-refractivity contribution >= 4 is 5.91 Å². The highest BCUT2D eigenvalue weighted by Crippen LogP contribution is 2.31. The van der Waals surface area contributed by atoms with Crippen LogP contribution in [0, 0.1) is 5.92 Å². The molecule has 1 atom stereocenters. The predicted molar refractivity (Wildman–Crippen MR) is 56.0 cm³/mol. The van der Waals surface area contributed by atoms with Gasteiger partial charge in [-0.2, -0.15) is 0 Å². The third-order valence-electron chi connectivity index (χ3n) is 3.59. The highest BCUT2D eigenvalue weighted by atomic mass is 16.2. The number of nitrogens with one attached hydrogen (secondary N) is 1. The molecule has 0 radical (unpaired) electrons. The maximum Gasteiger partial charge on any atom is 0.227 e. The zero-order valence-corrected chi connectivity index (χ0v) is 9.18. The SMILES string of the molecule is CC1(C)CCN1C(=O)[C@@H]1CCCNC1. The van der Waals surface area contributed by atoms with Crippen LogP contribution >= 0.6 is 0 Å². The van der Waals surface area contributed by atoms with Gasteiger partial charge in [-0.15, -0.1) is 0 Å². The van der Waals surface area contributed by atoms with Crippen LogP contribution in [-0.2, 0) is 4.79 Å². The van der Waals surface area contributed by atoms with Crippen molar-refractivity contribution in [2.24, 2.45) is 5.92 Å². The van der Waals surface area contributed by atoms with Crippen LogP contribution in [0.15, 0.2) is 0 Å². The fourth-order valence-corrected chi connectivity index (χ4v) is 2.36. The number of hydrogen-bond donors (Lipinski definition) is 1. The molecule has 3 nitrogen and oxygen atoms in total. The number of amides is 1. The van der Waals surface area contributed by atoms with E-state index in [0.717, 1.165) is 38.9 Å². The average molecular weight is 196 g/mol. The Bertz CT molecular complexity index is 231. The van der Waals surface area contributed by atoms with Gasteiger partial charge in [0.1, 0.15) is 0 Å². The average Bonchev–Trinajstić information content (AvgIpc) is 2.18. The minimum atomic E-state index is 0.120. The van der Waals surface area contributed by atoms with E-state index in [1.807, 2.05) is 4.90 Å². The Morgan fingerprint density at radius 1 is 1.50 bits per heavy atom. The van der Waals surface area contributed by atoms with Gasteiger partial charge in [-0.3, -0.25) is 4.79 Å². The standard InChI is InChI=1S/C11H20N2O/c1-11(2)5-7-13(11)10(14)9-4-3-6-12-8-9/h9,12H,3-8H2,1-2H3/t9-/m1/s1. The van der Waals surface area contributed by atoms with Gasteiger partial charge < -0.3 is 10.2 Å². The molecular weight excluding hydrogens is 176 g/mol. The molecule has 2 fully saturated rings. The van der Waals surface area contributed by atoms with E-state index in [2.05, 4.69) is 19.2 Å². The van der Waals surface area contributed by atoms with Crippen LogP contribution in [0.5, 0.6) is 0 Å². The van der Waals surface area contributed by atoms with Gasteiger partial charge in [0.25, 0.3) is 0 Å². The summed E-state index contributed by atoms with van der Waals surface area (Å²) in [5, 5.41) is 3.30. The number of nitrogens with zero attached hydrogens (tertiary/aromatic N) is 1. The second-order valence-electron chi connectivity index (χ2n) is 5.10. The van der Waals surface area contributed by atoms with E-state index in [4.69, 9.17) is 0 Å². The Labute approximate surface area is 85.8 Å². The maximum absolute atomic E-state index is 12.1. The molecule has 0 bridgehead atoms. The summed E-state index contributed by atoms with van der Waals surface area (Å²) < 4.78 is 0. The molecule has 0 aromatic carbocycles. The first kappa shape index (κ1) is 9.97. The van der Waals surface area contributed by atoms with E-state index < -0.39 is 0 Å². The molecule has 0 aliphatic carbocycles. The Kier molecular flexibility index (Phi) is 2.52. The molecule has 0 spiro atoms. The van der Waals surface area contributed by atoms with Crippen molar-refractivity contribution in [1.29, 1.82) is 0 Å². The Morgan fingerprint density at radius 2 is 2.29 bits per heavy atom. The Morgan fingerprint density at radius 3 is 2.71 bits per heavy atom. The van der Waals surface area contributed by atoms with Crippen molar-refractivity contribution in [2.75, 3.05) is 19.6 Å². The van der Waals surface area contributed by atoms with Crippen molar-refractivity contribution in [3.05, 3.63) is 0 Å². The van der Waals surface area contributed by atoms with Gasteiger partial charge >= 0.3 is 0 Å². The Hall–Kier alpha value is -0.570.